The summed E-state index contributed by atoms with van der Waals surface area (Å²) in [7, 11) is 1.46. The third kappa shape index (κ3) is 2.58. The summed E-state index contributed by atoms with van der Waals surface area (Å²) in [5.74, 6) is -0.105. The molecule has 0 radical (unpaired) electrons. The SMILES string of the molecule is O=C(c1ccc2c(c1)CNC2)N1CCc2nc(S(=O)(=O)Cl)ccc21. The second-order valence-corrected chi connectivity index (χ2v) is 8.36. The second-order valence-electron chi connectivity index (χ2n) is 5.85. The fourth-order valence-corrected chi connectivity index (χ4v) is 3.88. The lowest BCUT2D eigenvalue weighted by atomic mass is 10.1. The molecule has 0 saturated heterocycles. The highest BCUT2D eigenvalue weighted by Gasteiger charge is 2.28. The molecule has 0 saturated carbocycles. The molecule has 0 unspecified atom stereocenters. The molecule has 1 aromatic heterocycles. The van der Waals surface area contributed by atoms with Crippen molar-refractivity contribution in [2.45, 2.75) is 24.5 Å². The number of amides is 1. The van der Waals surface area contributed by atoms with Crippen LogP contribution in [0.4, 0.5) is 5.69 Å². The molecule has 1 aromatic carbocycles. The first-order valence-electron chi connectivity index (χ1n) is 7.52. The lowest BCUT2D eigenvalue weighted by Gasteiger charge is -2.17. The molecule has 2 aromatic rings. The molecular formula is C16H14ClN3O3S. The van der Waals surface area contributed by atoms with Crippen LogP contribution in [-0.2, 0) is 28.6 Å². The van der Waals surface area contributed by atoms with Crippen molar-refractivity contribution in [1.82, 2.24) is 10.3 Å². The summed E-state index contributed by atoms with van der Waals surface area (Å²) >= 11 is 0. The quantitative estimate of drug-likeness (QED) is 0.823. The van der Waals surface area contributed by atoms with Gasteiger partial charge in [-0.15, -0.1) is 0 Å². The highest BCUT2D eigenvalue weighted by molar-refractivity contribution is 8.13. The number of aromatic nitrogens is 1. The molecule has 8 heteroatoms. The van der Waals surface area contributed by atoms with E-state index in [-0.39, 0.29) is 10.9 Å². The van der Waals surface area contributed by atoms with Crippen LogP contribution in [0, 0.1) is 0 Å². The van der Waals surface area contributed by atoms with Gasteiger partial charge in [0.15, 0.2) is 5.03 Å². The van der Waals surface area contributed by atoms with Gasteiger partial charge < -0.3 is 10.2 Å². The Morgan fingerprint density at radius 3 is 2.75 bits per heavy atom. The zero-order chi connectivity index (χ0) is 16.9. The predicted octanol–water partition coefficient (Wildman–Crippen LogP) is 1.82. The Labute approximate surface area is 143 Å². The maximum Gasteiger partial charge on any atom is 0.278 e. The molecule has 2 aliphatic rings. The van der Waals surface area contributed by atoms with E-state index in [9.17, 15) is 13.2 Å². The van der Waals surface area contributed by atoms with Crippen LogP contribution in [-0.4, -0.2) is 25.9 Å². The Kier molecular flexibility index (Phi) is 3.59. The Morgan fingerprint density at radius 1 is 1.17 bits per heavy atom. The van der Waals surface area contributed by atoms with Crippen LogP contribution in [0.15, 0.2) is 35.4 Å². The van der Waals surface area contributed by atoms with E-state index in [0.717, 1.165) is 18.7 Å². The van der Waals surface area contributed by atoms with Gasteiger partial charge in [0, 0.05) is 42.3 Å². The molecule has 3 heterocycles. The topological polar surface area (TPSA) is 79.4 Å². The van der Waals surface area contributed by atoms with Gasteiger partial charge in [-0.2, -0.15) is 0 Å². The summed E-state index contributed by atoms with van der Waals surface area (Å²) < 4.78 is 22.8. The summed E-state index contributed by atoms with van der Waals surface area (Å²) in [5.41, 5.74) is 4.20. The van der Waals surface area contributed by atoms with Crippen molar-refractivity contribution in [2.75, 3.05) is 11.4 Å². The van der Waals surface area contributed by atoms with E-state index in [1.807, 2.05) is 18.2 Å². The van der Waals surface area contributed by atoms with Gasteiger partial charge in [-0.25, -0.2) is 13.4 Å². The Bertz CT molecular complexity index is 959. The van der Waals surface area contributed by atoms with E-state index in [1.54, 1.807) is 11.0 Å². The molecule has 0 spiro atoms. The van der Waals surface area contributed by atoms with E-state index in [4.69, 9.17) is 10.7 Å². The zero-order valence-corrected chi connectivity index (χ0v) is 14.2. The molecule has 1 amide bonds. The van der Waals surface area contributed by atoms with Crippen LogP contribution in [0.2, 0.25) is 0 Å². The van der Waals surface area contributed by atoms with Crippen molar-refractivity contribution in [3.05, 3.63) is 52.7 Å². The van der Waals surface area contributed by atoms with Gasteiger partial charge in [0.2, 0.25) is 0 Å². The van der Waals surface area contributed by atoms with Crippen LogP contribution in [0.3, 0.4) is 0 Å². The first-order chi connectivity index (χ1) is 11.4. The minimum absolute atomic E-state index is 0.105. The molecule has 24 heavy (non-hydrogen) atoms. The Morgan fingerprint density at radius 2 is 1.96 bits per heavy atom. The summed E-state index contributed by atoms with van der Waals surface area (Å²) in [4.78, 5) is 18.5. The maximum atomic E-state index is 12.8. The number of carbonyl (C=O) groups excluding carboxylic acids is 1. The number of benzene rings is 1. The third-order valence-corrected chi connectivity index (χ3v) is 5.57. The van der Waals surface area contributed by atoms with Gasteiger partial charge in [-0.1, -0.05) is 6.07 Å². The largest absolute Gasteiger partial charge is 0.309 e. The fourth-order valence-electron chi connectivity index (χ4n) is 3.17. The Balaban J connectivity index is 1.67. The van der Waals surface area contributed by atoms with Gasteiger partial charge in [-0.05, 0) is 35.4 Å². The van der Waals surface area contributed by atoms with Crippen molar-refractivity contribution in [2.24, 2.45) is 0 Å². The fraction of sp³-hybridized carbons (Fsp3) is 0.250. The summed E-state index contributed by atoms with van der Waals surface area (Å²) in [6.07, 6.45) is 0.508. The summed E-state index contributed by atoms with van der Waals surface area (Å²) in [6, 6.07) is 8.65. The van der Waals surface area contributed by atoms with E-state index in [2.05, 4.69) is 10.3 Å². The third-order valence-electron chi connectivity index (χ3n) is 4.37. The first-order valence-corrected chi connectivity index (χ1v) is 9.83. The number of rotatable bonds is 2. The standard InChI is InChI=1S/C16H14ClN3O3S/c17-24(22,23)15-4-3-14-13(19-15)5-6-20(14)16(21)10-1-2-11-8-18-9-12(11)7-10/h1-4,7,18H,5-6,8-9H2. The van der Waals surface area contributed by atoms with Gasteiger partial charge in [0.25, 0.3) is 15.0 Å². The lowest BCUT2D eigenvalue weighted by molar-refractivity contribution is 0.0989. The van der Waals surface area contributed by atoms with Crippen molar-refractivity contribution in [3.63, 3.8) is 0 Å². The molecule has 0 bridgehead atoms. The molecule has 6 nitrogen and oxygen atoms in total. The number of pyridine rings is 1. The van der Waals surface area contributed by atoms with Crippen LogP contribution in [0.25, 0.3) is 0 Å². The first kappa shape index (κ1) is 15.6. The number of fused-ring (bicyclic) bond motifs is 2. The van der Waals surface area contributed by atoms with Crippen LogP contribution in [0.5, 0.6) is 0 Å². The summed E-state index contributed by atoms with van der Waals surface area (Å²) in [5, 5.41) is 3.08. The average Bonchev–Trinajstić information content (AvgIpc) is 3.18. The minimum Gasteiger partial charge on any atom is -0.309 e. The van der Waals surface area contributed by atoms with E-state index >= 15 is 0 Å². The van der Waals surface area contributed by atoms with E-state index in [0.29, 0.717) is 29.9 Å². The number of nitrogens with zero attached hydrogens (tertiary/aromatic N) is 2. The van der Waals surface area contributed by atoms with Crippen molar-refractivity contribution >= 4 is 31.3 Å². The van der Waals surface area contributed by atoms with Gasteiger partial charge in [-0.3, -0.25) is 4.79 Å². The van der Waals surface area contributed by atoms with Crippen LogP contribution < -0.4 is 10.2 Å². The predicted molar refractivity (Wildman–Crippen MR) is 89.6 cm³/mol. The smallest absolute Gasteiger partial charge is 0.278 e. The van der Waals surface area contributed by atoms with Crippen molar-refractivity contribution < 1.29 is 13.2 Å². The van der Waals surface area contributed by atoms with Gasteiger partial charge in [0.05, 0.1) is 11.4 Å². The van der Waals surface area contributed by atoms with E-state index in [1.165, 1.54) is 11.6 Å². The molecule has 0 atom stereocenters. The van der Waals surface area contributed by atoms with Crippen molar-refractivity contribution in [3.8, 4) is 0 Å². The monoisotopic (exact) mass is 363 g/mol. The average molecular weight is 364 g/mol. The molecule has 0 aliphatic carbocycles. The van der Waals surface area contributed by atoms with Crippen LogP contribution in [0.1, 0.15) is 27.2 Å². The number of hydrogen-bond donors (Lipinski definition) is 1. The van der Waals surface area contributed by atoms with Crippen LogP contribution >= 0.6 is 10.7 Å². The number of carbonyl (C=O) groups is 1. The molecule has 124 valence electrons. The van der Waals surface area contributed by atoms with Crippen molar-refractivity contribution in [1.29, 1.82) is 0 Å². The lowest BCUT2D eigenvalue weighted by Crippen LogP contribution is -2.29. The van der Waals surface area contributed by atoms with Gasteiger partial charge in [0.1, 0.15) is 0 Å². The number of hydrogen-bond acceptors (Lipinski definition) is 5. The zero-order valence-electron chi connectivity index (χ0n) is 12.6. The second kappa shape index (κ2) is 5.54. The number of halogens is 1. The molecule has 4 rings (SSSR count). The molecule has 1 N–H and O–H groups in total. The molecular weight excluding hydrogens is 350 g/mol. The molecule has 2 aliphatic heterocycles. The van der Waals surface area contributed by atoms with Gasteiger partial charge >= 0.3 is 0 Å². The normalized spacial score (nSPS) is 16.1. The highest BCUT2D eigenvalue weighted by Crippen LogP contribution is 2.30. The number of anilines is 1. The van der Waals surface area contributed by atoms with E-state index < -0.39 is 9.05 Å². The maximum absolute atomic E-state index is 12.8. The summed E-state index contributed by atoms with van der Waals surface area (Å²) in [6.45, 7) is 2.07. The highest BCUT2D eigenvalue weighted by atomic mass is 35.7. The minimum atomic E-state index is -3.87. The number of nitrogens with one attached hydrogen (secondary N) is 1. The Hall–Kier alpha value is -1.96. The molecule has 0 fully saturated rings.